The van der Waals surface area contributed by atoms with Crippen LogP contribution in [0.25, 0.3) is 0 Å². The van der Waals surface area contributed by atoms with Gasteiger partial charge in [0, 0.05) is 49.0 Å². The summed E-state index contributed by atoms with van der Waals surface area (Å²) in [6.07, 6.45) is -14.5. The summed E-state index contributed by atoms with van der Waals surface area (Å²) in [4.78, 5) is 29.8. The first-order valence-corrected chi connectivity index (χ1v) is 12.1. The van der Waals surface area contributed by atoms with Crippen molar-refractivity contribution in [2.75, 3.05) is 21.3 Å². The Morgan fingerprint density at radius 3 is 0.708 bits per heavy atom. The lowest BCUT2D eigenvalue weighted by Gasteiger charge is -2.14. The molecule has 0 saturated heterocycles. The fourth-order valence-corrected chi connectivity index (χ4v) is 1.01. The van der Waals surface area contributed by atoms with Crippen LogP contribution in [0.1, 0.15) is 121 Å². The predicted molar refractivity (Wildman–Crippen MR) is 179 cm³/mol. The Balaban J connectivity index is -0.0000000321. The Bertz CT molecular complexity index is 616. The molecule has 0 aromatic heterocycles. The molecule has 0 aliphatic heterocycles. The molecule has 9 nitrogen and oxygen atoms in total. The average molecular weight is 741 g/mol. The maximum absolute atomic E-state index is 11.5. The largest absolute Gasteiger partial charge is 0.463 e. The molecule has 0 radical (unpaired) electrons. The maximum Gasteiger partial charge on any atom is 0.425 e. The fourth-order valence-electron chi connectivity index (χ4n) is 1.01. The quantitative estimate of drug-likeness (QED) is 0.149. The van der Waals surface area contributed by atoms with E-state index in [1.807, 2.05) is 27.7 Å². The molecule has 0 saturated carbocycles. The number of hydrogen-bond acceptors (Lipinski definition) is 9. The van der Waals surface area contributed by atoms with Crippen molar-refractivity contribution in [3.05, 3.63) is 0 Å². The normalized spacial score (nSPS) is 11.5. The van der Waals surface area contributed by atoms with Crippen molar-refractivity contribution in [1.82, 2.24) is 0 Å². The zero-order valence-electron chi connectivity index (χ0n) is 26.7. The molecule has 0 aliphatic carbocycles. The molecule has 0 amide bonds. The van der Waals surface area contributed by atoms with Gasteiger partial charge in [-0.1, -0.05) is 44.6 Å². The maximum atomic E-state index is 11.5. The minimum Gasteiger partial charge on any atom is -0.463 e. The van der Waals surface area contributed by atoms with Gasteiger partial charge in [-0.2, -0.15) is 26.3 Å². The van der Waals surface area contributed by atoms with Gasteiger partial charge in [0.1, 0.15) is 6.10 Å². The van der Waals surface area contributed by atoms with Crippen molar-refractivity contribution < 1.29 is 77.9 Å². The van der Waals surface area contributed by atoms with Crippen molar-refractivity contribution >= 4 is 17.9 Å². The van der Waals surface area contributed by atoms with Crippen LogP contribution in [0, 0.1) is 0 Å². The van der Waals surface area contributed by atoms with E-state index in [-0.39, 0.29) is 56.6 Å². The zero-order valence-corrected chi connectivity index (χ0v) is 26.7. The van der Waals surface area contributed by atoms with Gasteiger partial charge in [-0.05, 0) is 48.5 Å². The molecule has 0 heterocycles. The summed E-state index contributed by atoms with van der Waals surface area (Å²) in [7, 11) is 4.05. The van der Waals surface area contributed by atoms with E-state index in [4.69, 9.17) is 4.74 Å². The van der Waals surface area contributed by atoms with E-state index < -0.39 is 49.2 Å². The fraction of sp³-hybridized carbons (Fsp3) is 0.903. The van der Waals surface area contributed by atoms with Gasteiger partial charge in [-0.25, -0.2) is 8.78 Å². The molecule has 0 rings (SSSR count). The number of methoxy groups -OCH3 is 3. The van der Waals surface area contributed by atoms with Gasteiger partial charge < -0.3 is 28.4 Å². The van der Waals surface area contributed by atoms with Gasteiger partial charge in [0.25, 0.3) is 0 Å². The number of hydrogen-bond donors (Lipinski definition) is 0. The highest BCUT2D eigenvalue weighted by Gasteiger charge is 2.38. The molecular formula is C31H72F8O9. The van der Waals surface area contributed by atoms with Crippen molar-refractivity contribution in [3.63, 3.8) is 0 Å². The smallest absolute Gasteiger partial charge is 0.425 e. The van der Waals surface area contributed by atoms with E-state index in [1.165, 1.54) is 21.0 Å². The van der Waals surface area contributed by atoms with E-state index in [0.717, 1.165) is 41.7 Å². The van der Waals surface area contributed by atoms with Crippen molar-refractivity contribution in [1.29, 1.82) is 0 Å². The molecule has 48 heavy (non-hydrogen) atoms. The molecule has 0 fully saturated rings. The summed E-state index contributed by atoms with van der Waals surface area (Å²) >= 11 is 0. The zero-order chi connectivity index (χ0) is 35.4. The van der Waals surface area contributed by atoms with E-state index in [9.17, 15) is 49.5 Å². The van der Waals surface area contributed by atoms with Crippen LogP contribution in [0.3, 0.4) is 0 Å². The van der Waals surface area contributed by atoms with Gasteiger partial charge in [0.15, 0.2) is 12.5 Å². The standard InChI is InChI=1S/C5H7F3O2.C5H10O2.C4H7F3O.C4H7FO2.C4H10O.C3H7FO.6CH4/c1-3(5(6,7)8)10-4(2)9;1-4(2)7-5(3)6;1-3(8-2)4(5,6)7;1-3(5)7-4(2)6;1-4(2)5-3;1-3(4)5-2;;;;;;/h3H,1-2H3;4H,1-3H3;3H,1-2H3;3H,1-2H3;4H,1-3H3;3H,1-2H3;6*1H4. The Hall–Kier alpha value is -2.27. The van der Waals surface area contributed by atoms with E-state index in [1.54, 1.807) is 7.11 Å². The summed E-state index contributed by atoms with van der Waals surface area (Å²) in [5, 5.41) is 0. The number of halogens is 8. The molecule has 0 aliphatic rings. The second-order valence-corrected chi connectivity index (χ2v) is 8.09. The molecule has 4 unspecified atom stereocenters. The first-order valence-electron chi connectivity index (χ1n) is 12.1. The second-order valence-electron chi connectivity index (χ2n) is 8.09. The lowest BCUT2D eigenvalue weighted by molar-refractivity contribution is -0.214. The Morgan fingerprint density at radius 2 is 0.688 bits per heavy atom. The number of carbonyl (C=O) groups excluding carboxylic acids is 3. The third-order valence-corrected chi connectivity index (χ3v) is 3.14. The lowest BCUT2D eigenvalue weighted by atomic mass is 10.4. The first-order chi connectivity index (χ1) is 18.6. The molecular weight excluding hydrogens is 668 g/mol. The molecule has 17 heteroatoms. The summed E-state index contributed by atoms with van der Waals surface area (Å²) in [6.45, 7) is 15.4. The Morgan fingerprint density at radius 1 is 0.438 bits per heavy atom. The van der Waals surface area contributed by atoms with Gasteiger partial charge in [0.2, 0.25) is 6.36 Å². The van der Waals surface area contributed by atoms with Crippen LogP contribution in [0.2, 0.25) is 0 Å². The van der Waals surface area contributed by atoms with Crippen LogP contribution in [-0.2, 0) is 42.8 Å². The van der Waals surface area contributed by atoms with Crippen molar-refractivity contribution in [2.24, 2.45) is 0 Å². The van der Waals surface area contributed by atoms with E-state index in [0.29, 0.717) is 6.10 Å². The highest BCUT2D eigenvalue weighted by Crippen LogP contribution is 2.22. The van der Waals surface area contributed by atoms with Gasteiger partial charge >= 0.3 is 30.3 Å². The van der Waals surface area contributed by atoms with E-state index in [2.05, 4.69) is 23.7 Å². The molecule has 4 atom stereocenters. The van der Waals surface area contributed by atoms with Crippen molar-refractivity contribution in [3.8, 4) is 0 Å². The van der Waals surface area contributed by atoms with Gasteiger partial charge in [-0.3, -0.25) is 14.4 Å². The minimum absolute atomic E-state index is 0. The molecule has 306 valence electrons. The summed E-state index contributed by atoms with van der Waals surface area (Å²) in [6, 6.07) is 0. The molecule has 0 aromatic rings. The van der Waals surface area contributed by atoms with Crippen LogP contribution in [0.5, 0.6) is 0 Å². The molecule has 0 bridgehead atoms. The van der Waals surface area contributed by atoms with Crippen LogP contribution >= 0.6 is 0 Å². The third-order valence-electron chi connectivity index (χ3n) is 3.14. The van der Waals surface area contributed by atoms with Crippen LogP contribution in [0.4, 0.5) is 35.1 Å². The topological polar surface area (TPSA) is 107 Å². The third kappa shape index (κ3) is 104. The highest BCUT2D eigenvalue weighted by atomic mass is 19.4. The Kier molecular flexibility index (Phi) is 78.5. The predicted octanol–water partition coefficient (Wildman–Crippen LogP) is 10.7. The number of rotatable bonds is 6. The number of esters is 3. The first kappa shape index (κ1) is 80.4. The lowest BCUT2D eigenvalue weighted by Crippen LogP contribution is -2.29. The Labute approximate surface area is 287 Å². The minimum atomic E-state index is -4.45. The van der Waals surface area contributed by atoms with Crippen LogP contribution in [0.15, 0.2) is 0 Å². The number of ether oxygens (including phenoxy) is 6. The number of carbonyl (C=O) groups is 3. The average Bonchev–Trinajstić information content (AvgIpc) is 2.77. The number of alkyl halides is 8. The summed E-state index contributed by atoms with van der Waals surface area (Å²) in [5.41, 5.74) is 0. The van der Waals surface area contributed by atoms with E-state index >= 15 is 0 Å². The molecule has 0 spiro atoms. The second kappa shape index (κ2) is 46.8. The molecule has 0 aromatic carbocycles. The summed E-state index contributed by atoms with van der Waals surface area (Å²) < 4.78 is 117. The van der Waals surface area contributed by atoms with Gasteiger partial charge in [-0.15, -0.1) is 0 Å². The molecule has 0 N–H and O–H groups in total. The van der Waals surface area contributed by atoms with Gasteiger partial charge in [0.05, 0.1) is 12.2 Å². The van der Waals surface area contributed by atoms with Crippen molar-refractivity contribution in [2.45, 2.75) is 170 Å². The van der Waals surface area contributed by atoms with Crippen LogP contribution in [-0.4, -0.2) is 88.7 Å². The monoisotopic (exact) mass is 741 g/mol. The summed E-state index contributed by atoms with van der Waals surface area (Å²) in [5.74, 6) is -1.73. The van der Waals surface area contributed by atoms with Crippen LogP contribution < -0.4 is 0 Å². The SMILES string of the molecule is C.C.C.C.C.C.CC(=O)OC(C)C.CC(=O)OC(C)C(F)(F)F.CC(=O)OC(C)F.COC(C)C.COC(C)C(F)(F)F.COC(C)F. The highest BCUT2D eigenvalue weighted by molar-refractivity contribution is 5.66.